The van der Waals surface area contributed by atoms with Crippen LogP contribution in [-0.2, 0) is 19.1 Å². The molecule has 5 aliphatic carbocycles. The van der Waals surface area contributed by atoms with Crippen molar-refractivity contribution in [2.75, 3.05) is 0 Å². The highest BCUT2D eigenvalue weighted by molar-refractivity contribution is 5.74. The van der Waals surface area contributed by atoms with E-state index in [4.69, 9.17) is 9.47 Å². The third-order valence-electron chi connectivity index (χ3n) is 10.5. The molecule has 4 fully saturated rings. The van der Waals surface area contributed by atoms with Crippen LogP contribution < -0.4 is 0 Å². The molecule has 5 aliphatic rings. The zero-order valence-electron chi connectivity index (χ0n) is 20.4. The Bertz CT molecular complexity index is 780. The molecule has 4 heteroatoms. The maximum Gasteiger partial charge on any atom is 0.309 e. The summed E-state index contributed by atoms with van der Waals surface area (Å²) in [7, 11) is 0. The number of esters is 2. The molecule has 4 saturated carbocycles. The summed E-state index contributed by atoms with van der Waals surface area (Å²) in [6.45, 7) is 6.41. The van der Waals surface area contributed by atoms with Crippen LogP contribution in [0.4, 0.5) is 0 Å². The Hall–Kier alpha value is -1.32. The molecular formula is C28H42O4. The van der Waals surface area contributed by atoms with Gasteiger partial charge in [0.25, 0.3) is 0 Å². The Morgan fingerprint density at radius 1 is 0.875 bits per heavy atom. The van der Waals surface area contributed by atoms with Crippen LogP contribution in [0.1, 0.15) is 104 Å². The van der Waals surface area contributed by atoms with Crippen molar-refractivity contribution < 1.29 is 19.1 Å². The molecule has 0 N–H and O–H groups in total. The number of fused-ring (bicyclic) bond motifs is 5. The second kappa shape index (κ2) is 8.47. The monoisotopic (exact) mass is 442 g/mol. The largest absolute Gasteiger partial charge is 0.462 e. The fourth-order valence-corrected chi connectivity index (χ4v) is 8.78. The molecular weight excluding hydrogens is 400 g/mol. The Kier molecular flexibility index (Phi) is 5.95. The summed E-state index contributed by atoms with van der Waals surface area (Å²) in [5.41, 5.74) is 1.87. The topological polar surface area (TPSA) is 52.6 Å². The number of carbonyl (C=O) groups is 2. The minimum Gasteiger partial charge on any atom is -0.462 e. The van der Waals surface area contributed by atoms with Gasteiger partial charge in [-0.2, -0.15) is 0 Å². The van der Waals surface area contributed by atoms with Crippen molar-refractivity contribution in [1.82, 2.24) is 0 Å². The molecule has 0 aromatic rings. The van der Waals surface area contributed by atoms with Crippen LogP contribution in [0.3, 0.4) is 0 Å². The van der Waals surface area contributed by atoms with Gasteiger partial charge in [0.2, 0.25) is 0 Å². The van der Waals surface area contributed by atoms with Crippen molar-refractivity contribution in [2.24, 2.45) is 34.5 Å². The molecule has 32 heavy (non-hydrogen) atoms. The van der Waals surface area contributed by atoms with E-state index in [1.165, 1.54) is 44.6 Å². The summed E-state index contributed by atoms with van der Waals surface area (Å²) in [6, 6.07) is 0. The predicted octanol–water partition coefficient (Wildman–Crippen LogP) is 6.37. The second-order valence-electron chi connectivity index (χ2n) is 12.1. The average molecular weight is 443 g/mol. The van der Waals surface area contributed by atoms with E-state index in [-0.39, 0.29) is 40.9 Å². The molecule has 0 aromatic heterocycles. The van der Waals surface area contributed by atoms with Gasteiger partial charge in [0, 0.05) is 13.3 Å². The van der Waals surface area contributed by atoms with E-state index in [2.05, 4.69) is 19.9 Å². The first-order valence-corrected chi connectivity index (χ1v) is 13.4. The van der Waals surface area contributed by atoms with Crippen molar-refractivity contribution in [1.29, 1.82) is 0 Å². The molecule has 0 radical (unpaired) electrons. The first kappa shape index (κ1) is 22.5. The Balaban J connectivity index is 1.30. The van der Waals surface area contributed by atoms with E-state index in [9.17, 15) is 9.59 Å². The van der Waals surface area contributed by atoms with Gasteiger partial charge >= 0.3 is 11.9 Å². The van der Waals surface area contributed by atoms with Gasteiger partial charge in [-0.15, -0.1) is 0 Å². The standard InChI is InChI=1S/C28H42O4/c1-18(29)31-21-13-15-27(2)19(17-21)9-10-22-23-11-12-25(28(23,3)16-14-24(22)27)26(30)32-20-7-5-4-6-8-20/h9,20-25H,4-8,10-17H2,1-3H3/t21-,22+,23+,24+,25-,27+,28+/m1/s1. The maximum atomic E-state index is 13.3. The SMILES string of the molecule is CC(=O)O[C@@H]1CC[C@@]2(C)C(=CC[C@H]3[C@@H]4CC[C@H](C(=O)OC5CCCCC5)[C@@]4(C)CC[C@@H]32)C1. The highest BCUT2D eigenvalue weighted by Crippen LogP contribution is 2.66. The predicted molar refractivity (Wildman–Crippen MR) is 124 cm³/mol. The molecule has 178 valence electrons. The number of carbonyl (C=O) groups excluding carboxylic acids is 2. The van der Waals surface area contributed by atoms with E-state index < -0.39 is 0 Å². The summed E-state index contributed by atoms with van der Waals surface area (Å²) in [6.07, 6.45) is 17.2. The molecule has 0 spiro atoms. The number of allylic oxidation sites excluding steroid dienone is 1. The minimum atomic E-state index is -0.154. The van der Waals surface area contributed by atoms with Crippen molar-refractivity contribution in [3.05, 3.63) is 11.6 Å². The summed E-state index contributed by atoms with van der Waals surface area (Å²) < 4.78 is 11.7. The lowest BCUT2D eigenvalue weighted by Gasteiger charge is -2.57. The van der Waals surface area contributed by atoms with Gasteiger partial charge in [0.05, 0.1) is 5.92 Å². The molecule has 0 aliphatic heterocycles. The summed E-state index contributed by atoms with van der Waals surface area (Å²) in [5.74, 6) is 2.06. The fraction of sp³-hybridized carbons (Fsp3) is 0.857. The highest BCUT2D eigenvalue weighted by Gasteiger charge is 2.60. The van der Waals surface area contributed by atoms with Gasteiger partial charge in [-0.25, -0.2) is 0 Å². The molecule has 0 unspecified atom stereocenters. The van der Waals surface area contributed by atoms with E-state index in [0.29, 0.717) is 17.8 Å². The third kappa shape index (κ3) is 3.74. The zero-order chi connectivity index (χ0) is 22.5. The number of rotatable bonds is 3. The third-order valence-corrected chi connectivity index (χ3v) is 10.5. The zero-order valence-corrected chi connectivity index (χ0v) is 20.4. The first-order chi connectivity index (χ1) is 15.3. The molecule has 5 rings (SSSR count). The lowest BCUT2D eigenvalue weighted by Crippen LogP contribution is -2.51. The van der Waals surface area contributed by atoms with Crippen molar-refractivity contribution >= 4 is 11.9 Å². The van der Waals surface area contributed by atoms with Crippen LogP contribution >= 0.6 is 0 Å². The molecule has 0 saturated heterocycles. The van der Waals surface area contributed by atoms with E-state index in [0.717, 1.165) is 51.4 Å². The summed E-state index contributed by atoms with van der Waals surface area (Å²) >= 11 is 0. The molecule has 0 amide bonds. The molecule has 0 aromatic carbocycles. The van der Waals surface area contributed by atoms with Gasteiger partial charge in [-0.3, -0.25) is 9.59 Å². The number of ether oxygens (including phenoxy) is 2. The number of hydrogen-bond acceptors (Lipinski definition) is 4. The van der Waals surface area contributed by atoms with Gasteiger partial charge < -0.3 is 9.47 Å². The Morgan fingerprint density at radius 3 is 2.41 bits per heavy atom. The number of hydrogen-bond donors (Lipinski definition) is 0. The maximum absolute atomic E-state index is 13.3. The molecule has 7 atom stereocenters. The first-order valence-electron chi connectivity index (χ1n) is 13.4. The van der Waals surface area contributed by atoms with Crippen LogP contribution in [0.15, 0.2) is 11.6 Å². The van der Waals surface area contributed by atoms with E-state index in [1.54, 1.807) is 0 Å². The smallest absolute Gasteiger partial charge is 0.309 e. The van der Waals surface area contributed by atoms with Crippen LogP contribution in [0, 0.1) is 34.5 Å². The van der Waals surface area contributed by atoms with Crippen LogP contribution in [0.5, 0.6) is 0 Å². The molecule has 0 heterocycles. The fourth-order valence-electron chi connectivity index (χ4n) is 8.78. The highest BCUT2D eigenvalue weighted by atomic mass is 16.5. The second-order valence-corrected chi connectivity index (χ2v) is 12.1. The van der Waals surface area contributed by atoms with Crippen molar-refractivity contribution in [3.8, 4) is 0 Å². The van der Waals surface area contributed by atoms with Crippen LogP contribution in [0.2, 0.25) is 0 Å². The van der Waals surface area contributed by atoms with Crippen LogP contribution in [-0.4, -0.2) is 24.1 Å². The summed E-state index contributed by atoms with van der Waals surface area (Å²) in [5, 5.41) is 0. The van der Waals surface area contributed by atoms with Gasteiger partial charge in [-0.1, -0.05) is 31.9 Å². The van der Waals surface area contributed by atoms with Crippen molar-refractivity contribution in [3.63, 3.8) is 0 Å². The van der Waals surface area contributed by atoms with E-state index >= 15 is 0 Å². The molecule has 0 bridgehead atoms. The quantitative estimate of drug-likeness (QED) is 0.376. The lowest BCUT2D eigenvalue weighted by atomic mass is 9.47. The van der Waals surface area contributed by atoms with Crippen LogP contribution in [0.25, 0.3) is 0 Å². The van der Waals surface area contributed by atoms with Gasteiger partial charge in [0.15, 0.2) is 0 Å². The van der Waals surface area contributed by atoms with Gasteiger partial charge in [-0.05, 0) is 99.2 Å². The summed E-state index contributed by atoms with van der Waals surface area (Å²) in [4.78, 5) is 24.7. The minimum absolute atomic E-state index is 0.0580. The Morgan fingerprint density at radius 2 is 1.66 bits per heavy atom. The lowest BCUT2D eigenvalue weighted by molar-refractivity contribution is -0.163. The van der Waals surface area contributed by atoms with E-state index in [1.807, 2.05) is 0 Å². The normalized spacial score (nSPS) is 44.0. The Labute approximate surface area is 193 Å². The van der Waals surface area contributed by atoms with Gasteiger partial charge in [0.1, 0.15) is 12.2 Å². The van der Waals surface area contributed by atoms with Crippen molar-refractivity contribution in [2.45, 2.75) is 116 Å². The average Bonchev–Trinajstić information content (AvgIpc) is 3.12. The molecule has 4 nitrogen and oxygen atoms in total.